The Morgan fingerprint density at radius 1 is 1.35 bits per heavy atom. The predicted octanol–water partition coefficient (Wildman–Crippen LogP) is 3.66. The Kier molecular flexibility index (Phi) is 4.21. The van der Waals surface area contributed by atoms with Gasteiger partial charge in [-0.05, 0) is 55.7 Å². The Bertz CT molecular complexity index is 358. The van der Waals surface area contributed by atoms with Crippen molar-refractivity contribution in [3.63, 3.8) is 0 Å². The number of hydrogen-bond acceptors (Lipinski definition) is 3. The van der Waals surface area contributed by atoms with Gasteiger partial charge in [0, 0.05) is 22.7 Å². The Morgan fingerprint density at radius 3 is 2.88 bits per heavy atom. The molecule has 0 spiro atoms. The largest absolute Gasteiger partial charge is 0.399 e. The van der Waals surface area contributed by atoms with Crippen LogP contribution in [0.2, 0.25) is 0 Å². The van der Waals surface area contributed by atoms with Gasteiger partial charge in [-0.15, -0.1) is 0 Å². The van der Waals surface area contributed by atoms with Crippen LogP contribution in [0.1, 0.15) is 31.7 Å². The van der Waals surface area contributed by atoms with E-state index in [1.807, 2.05) is 12.1 Å². The number of aryl methyl sites for hydroxylation is 1. The Balaban J connectivity index is 1.93. The summed E-state index contributed by atoms with van der Waals surface area (Å²) in [5.41, 5.74) is 9.12. The molecule has 1 aliphatic rings. The van der Waals surface area contributed by atoms with E-state index in [1.165, 1.54) is 36.3 Å². The number of nitrogen functional groups attached to an aromatic ring is 1. The van der Waals surface area contributed by atoms with E-state index in [0.29, 0.717) is 6.04 Å². The van der Waals surface area contributed by atoms with E-state index in [2.05, 4.69) is 37.0 Å². The maximum absolute atomic E-state index is 5.86. The van der Waals surface area contributed by atoms with E-state index < -0.39 is 0 Å². The molecule has 94 valence electrons. The lowest BCUT2D eigenvalue weighted by Gasteiger charge is -2.15. The first-order chi connectivity index (χ1) is 8.17. The number of benzene rings is 1. The van der Waals surface area contributed by atoms with Crippen LogP contribution in [0.5, 0.6) is 0 Å². The van der Waals surface area contributed by atoms with Gasteiger partial charge in [-0.1, -0.05) is 6.92 Å². The minimum absolute atomic E-state index is 0.625. The quantitative estimate of drug-likeness (QED) is 0.801. The van der Waals surface area contributed by atoms with Gasteiger partial charge in [0.25, 0.3) is 0 Å². The summed E-state index contributed by atoms with van der Waals surface area (Å²) in [5, 5.41) is 4.46. The van der Waals surface area contributed by atoms with Crippen molar-refractivity contribution in [2.75, 3.05) is 16.8 Å². The lowest BCUT2D eigenvalue weighted by atomic mass is 10.1. The zero-order valence-electron chi connectivity index (χ0n) is 10.7. The van der Waals surface area contributed by atoms with E-state index in [-0.39, 0.29) is 0 Å². The zero-order valence-corrected chi connectivity index (χ0v) is 11.5. The number of nitrogens with two attached hydrogens (primary N) is 1. The van der Waals surface area contributed by atoms with Gasteiger partial charge in [0.15, 0.2) is 0 Å². The van der Waals surface area contributed by atoms with E-state index in [1.54, 1.807) is 0 Å². The van der Waals surface area contributed by atoms with Gasteiger partial charge in [0.1, 0.15) is 0 Å². The second-order valence-electron chi connectivity index (χ2n) is 4.86. The molecule has 3 N–H and O–H groups in total. The van der Waals surface area contributed by atoms with Gasteiger partial charge in [0.05, 0.1) is 0 Å². The first kappa shape index (κ1) is 12.6. The van der Waals surface area contributed by atoms with Crippen LogP contribution in [0.3, 0.4) is 0 Å². The van der Waals surface area contributed by atoms with Gasteiger partial charge in [-0.25, -0.2) is 0 Å². The molecule has 17 heavy (non-hydrogen) atoms. The van der Waals surface area contributed by atoms with Crippen molar-refractivity contribution < 1.29 is 0 Å². The molecule has 1 fully saturated rings. The average Bonchev–Trinajstić information content (AvgIpc) is 2.64. The van der Waals surface area contributed by atoms with Crippen LogP contribution in [0.4, 0.5) is 11.4 Å². The highest BCUT2D eigenvalue weighted by Crippen LogP contribution is 2.31. The number of nitrogens with one attached hydrogen (secondary N) is 1. The van der Waals surface area contributed by atoms with Crippen molar-refractivity contribution in [3.8, 4) is 0 Å². The summed E-state index contributed by atoms with van der Waals surface area (Å²) in [6, 6.07) is 6.85. The molecule has 0 amide bonds. The summed E-state index contributed by atoms with van der Waals surface area (Å²) in [5.74, 6) is 1.23. The van der Waals surface area contributed by atoms with Crippen LogP contribution in [0.25, 0.3) is 0 Å². The molecule has 2 nitrogen and oxygen atoms in total. The molecule has 2 atom stereocenters. The molecule has 1 aromatic carbocycles. The topological polar surface area (TPSA) is 38.0 Å². The maximum atomic E-state index is 5.86. The first-order valence-electron chi connectivity index (χ1n) is 6.42. The van der Waals surface area contributed by atoms with Crippen molar-refractivity contribution in [1.82, 2.24) is 0 Å². The van der Waals surface area contributed by atoms with Crippen LogP contribution in [0.15, 0.2) is 18.2 Å². The van der Waals surface area contributed by atoms with Crippen molar-refractivity contribution in [3.05, 3.63) is 23.8 Å². The molecule has 0 heterocycles. The molecule has 0 saturated heterocycles. The fourth-order valence-corrected chi connectivity index (χ4v) is 3.73. The van der Waals surface area contributed by atoms with Crippen LogP contribution < -0.4 is 11.1 Å². The highest BCUT2D eigenvalue weighted by Gasteiger charge is 2.24. The third kappa shape index (κ3) is 3.56. The normalized spacial score (nSPS) is 23.9. The SMILES string of the molecule is CCSC1CCC(Nc2cc(C)cc(N)c2)C1. The highest BCUT2D eigenvalue weighted by molar-refractivity contribution is 7.99. The molecule has 1 saturated carbocycles. The molecule has 1 aliphatic carbocycles. The van der Waals surface area contributed by atoms with Crippen molar-refractivity contribution in [2.24, 2.45) is 0 Å². The van der Waals surface area contributed by atoms with Gasteiger partial charge >= 0.3 is 0 Å². The van der Waals surface area contributed by atoms with E-state index in [9.17, 15) is 0 Å². The minimum atomic E-state index is 0.625. The lowest BCUT2D eigenvalue weighted by molar-refractivity contribution is 0.757. The third-order valence-electron chi connectivity index (χ3n) is 3.26. The molecular weight excluding hydrogens is 228 g/mol. The summed E-state index contributed by atoms with van der Waals surface area (Å²) >= 11 is 2.09. The highest BCUT2D eigenvalue weighted by atomic mass is 32.2. The van der Waals surface area contributed by atoms with E-state index in [0.717, 1.165) is 10.9 Å². The molecule has 0 radical (unpaired) electrons. The molecular formula is C14H22N2S. The number of hydrogen-bond donors (Lipinski definition) is 2. The molecule has 0 bridgehead atoms. The van der Waals surface area contributed by atoms with Crippen molar-refractivity contribution >= 4 is 23.1 Å². The Labute approximate surface area is 108 Å². The molecule has 3 heteroatoms. The number of rotatable bonds is 4. The van der Waals surface area contributed by atoms with Crippen LogP contribution >= 0.6 is 11.8 Å². The van der Waals surface area contributed by atoms with Crippen LogP contribution in [-0.4, -0.2) is 17.0 Å². The summed E-state index contributed by atoms with van der Waals surface area (Å²) in [6.07, 6.45) is 3.91. The Morgan fingerprint density at radius 2 is 2.18 bits per heavy atom. The van der Waals surface area contributed by atoms with Crippen LogP contribution in [0, 0.1) is 6.92 Å². The second kappa shape index (κ2) is 5.67. The monoisotopic (exact) mass is 250 g/mol. The summed E-state index contributed by atoms with van der Waals surface area (Å²) in [6.45, 7) is 4.33. The van der Waals surface area contributed by atoms with E-state index >= 15 is 0 Å². The molecule has 2 rings (SSSR count). The maximum Gasteiger partial charge on any atom is 0.0365 e. The minimum Gasteiger partial charge on any atom is -0.399 e. The molecule has 1 aromatic rings. The van der Waals surface area contributed by atoms with Gasteiger partial charge in [0.2, 0.25) is 0 Å². The average molecular weight is 250 g/mol. The van der Waals surface area contributed by atoms with Gasteiger partial charge in [-0.3, -0.25) is 0 Å². The van der Waals surface area contributed by atoms with Crippen LogP contribution in [-0.2, 0) is 0 Å². The van der Waals surface area contributed by atoms with Crippen molar-refractivity contribution in [2.45, 2.75) is 44.4 Å². The molecule has 2 unspecified atom stereocenters. The molecule has 0 aliphatic heterocycles. The fraction of sp³-hybridized carbons (Fsp3) is 0.571. The summed E-state index contributed by atoms with van der Waals surface area (Å²) < 4.78 is 0. The first-order valence-corrected chi connectivity index (χ1v) is 7.47. The standard InChI is InChI=1S/C14H22N2S/c1-3-17-14-5-4-12(9-14)16-13-7-10(2)6-11(15)8-13/h6-8,12,14,16H,3-5,9,15H2,1-2H3. The summed E-state index contributed by atoms with van der Waals surface area (Å²) in [7, 11) is 0. The molecule has 0 aromatic heterocycles. The van der Waals surface area contributed by atoms with Crippen molar-refractivity contribution in [1.29, 1.82) is 0 Å². The number of thioether (sulfide) groups is 1. The van der Waals surface area contributed by atoms with Gasteiger partial charge in [-0.2, -0.15) is 11.8 Å². The zero-order chi connectivity index (χ0) is 12.3. The van der Waals surface area contributed by atoms with E-state index in [4.69, 9.17) is 5.73 Å². The fourth-order valence-electron chi connectivity index (χ4n) is 2.59. The predicted molar refractivity (Wildman–Crippen MR) is 78.8 cm³/mol. The number of anilines is 2. The summed E-state index contributed by atoms with van der Waals surface area (Å²) in [4.78, 5) is 0. The second-order valence-corrected chi connectivity index (χ2v) is 6.44. The smallest absolute Gasteiger partial charge is 0.0365 e. The lowest BCUT2D eigenvalue weighted by Crippen LogP contribution is -2.16. The third-order valence-corrected chi connectivity index (χ3v) is 4.49. The van der Waals surface area contributed by atoms with Gasteiger partial charge < -0.3 is 11.1 Å². The Hall–Kier alpha value is -0.830.